The maximum atomic E-state index is 12.1. The Bertz CT molecular complexity index is 582. The topological polar surface area (TPSA) is 113 Å². The van der Waals surface area contributed by atoms with Crippen molar-refractivity contribution in [3.63, 3.8) is 0 Å². The van der Waals surface area contributed by atoms with Crippen molar-refractivity contribution in [2.75, 3.05) is 32.8 Å². The lowest BCUT2D eigenvalue weighted by Gasteiger charge is -2.31. The summed E-state index contributed by atoms with van der Waals surface area (Å²) in [5.41, 5.74) is 6.41. The molecule has 2 aliphatic rings. The van der Waals surface area contributed by atoms with Crippen LogP contribution >= 0.6 is 0 Å². The highest BCUT2D eigenvalue weighted by Gasteiger charge is 2.25. The van der Waals surface area contributed by atoms with Gasteiger partial charge in [-0.05, 0) is 38.3 Å². The van der Waals surface area contributed by atoms with Crippen molar-refractivity contribution < 1.29 is 14.3 Å². The maximum absolute atomic E-state index is 12.1. The second-order valence-electron chi connectivity index (χ2n) is 6.59. The Balaban J connectivity index is 1.47. The monoisotopic (exact) mass is 335 g/mol. The maximum Gasteiger partial charge on any atom is 0.269 e. The van der Waals surface area contributed by atoms with Crippen molar-refractivity contribution in [1.82, 2.24) is 20.4 Å². The van der Waals surface area contributed by atoms with Crippen LogP contribution in [-0.2, 0) is 9.53 Å². The van der Waals surface area contributed by atoms with Gasteiger partial charge in [-0.15, -0.1) is 0 Å². The summed E-state index contributed by atoms with van der Waals surface area (Å²) in [6.45, 7) is 3.46. The number of hydrogen-bond donors (Lipinski definition) is 3. The fourth-order valence-corrected chi connectivity index (χ4v) is 3.42. The second kappa shape index (κ2) is 7.76. The fourth-order valence-electron chi connectivity index (χ4n) is 3.42. The second-order valence-corrected chi connectivity index (χ2v) is 6.59. The van der Waals surface area contributed by atoms with E-state index in [1.165, 1.54) is 0 Å². The molecule has 0 saturated carbocycles. The third-order valence-corrected chi connectivity index (χ3v) is 4.71. The van der Waals surface area contributed by atoms with Crippen LogP contribution in [0.1, 0.15) is 47.8 Å². The molecule has 4 N–H and O–H groups in total. The highest BCUT2D eigenvalue weighted by molar-refractivity contribution is 5.90. The van der Waals surface area contributed by atoms with E-state index in [4.69, 9.17) is 10.5 Å². The Morgan fingerprint density at radius 2 is 2.29 bits per heavy atom. The number of nitrogens with two attached hydrogens (primary N) is 1. The van der Waals surface area contributed by atoms with Gasteiger partial charge in [-0.3, -0.25) is 19.6 Å². The van der Waals surface area contributed by atoms with E-state index in [2.05, 4.69) is 20.4 Å². The van der Waals surface area contributed by atoms with E-state index in [-0.39, 0.29) is 23.6 Å². The number of ether oxygens (including phenoxy) is 1. The zero-order valence-electron chi connectivity index (χ0n) is 13.8. The number of likely N-dealkylation sites (tertiary alicyclic amines) is 1. The van der Waals surface area contributed by atoms with E-state index in [9.17, 15) is 9.59 Å². The molecule has 0 spiro atoms. The molecule has 2 atom stereocenters. The molecule has 3 heterocycles. The number of nitrogens with zero attached hydrogens (tertiary/aromatic N) is 2. The van der Waals surface area contributed by atoms with Gasteiger partial charge in [0.2, 0.25) is 5.91 Å². The number of hydrogen-bond acceptors (Lipinski definition) is 5. The average molecular weight is 335 g/mol. The molecule has 8 heteroatoms. The summed E-state index contributed by atoms with van der Waals surface area (Å²) in [6, 6.07) is 1.72. The Hall–Kier alpha value is -1.93. The van der Waals surface area contributed by atoms with Crippen LogP contribution in [0.3, 0.4) is 0 Å². The van der Waals surface area contributed by atoms with Gasteiger partial charge >= 0.3 is 0 Å². The number of primary amides is 1. The summed E-state index contributed by atoms with van der Waals surface area (Å²) in [5, 5.41) is 9.80. The SMILES string of the molecule is NC(=O)c1cc([C@H]2CCCN(CC(=O)NC[C@H]3CCCO3)C2)[nH]n1. The van der Waals surface area contributed by atoms with Crippen LogP contribution in [0.5, 0.6) is 0 Å². The van der Waals surface area contributed by atoms with Crippen molar-refractivity contribution in [3.05, 3.63) is 17.5 Å². The standard InChI is InChI=1S/C16H25N5O3/c17-16(23)14-7-13(19-20-14)11-3-1-5-21(9-11)10-15(22)18-8-12-4-2-6-24-12/h7,11-12H,1-6,8-10H2,(H2,17,23)(H,18,22)(H,19,20)/t11-,12+/m0/s1. The van der Waals surface area contributed by atoms with Gasteiger partial charge in [-0.2, -0.15) is 5.10 Å². The summed E-state index contributed by atoms with van der Waals surface area (Å²) in [4.78, 5) is 25.4. The van der Waals surface area contributed by atoms with Gasteiger partial charge in [0, 0.05) is 31.3 Å². The summed E-state index contributed by atoms with van der Waals surface area (Å²) >= 11 is 0. The Labute approximate surface area is 141 Å². The van der Waals surface area contributed by atoms with Gasteiger partial charge in [-0.1, -0.05) is 0 Å². The number of carbonyl (C=O) groups is 2. The van der Waals surface area contributed by atoms with Crippen LogP contribution in [0.4, 0.5) is 0 Å². The van der Waals surface area contributed by atoms with E-state index in [0.717, 1.165) is 51.1 Å². The molecule has 24 heavy (non-hydrogen) atoms. The minimum Gasteiger partial charge on any atom is -0.376 e. The highest BCUT2D eigenvalue weighted by Crippen LogP contribution is 2.25. The highest BCUT2D eigenvalue weighted by atomic mass is 16.5. The average Bonchev–Trinajstić information content (AvgIpc) is 3.25. The quantitative estimate of drug-likeness (QED) is 0.676. The van der Waals surface area contributed by atoms with Crippen LogP contribution in [0.2, 0.25) is 0 Å². The largest absolute Gasteiger partial charge is 0.376 e. The molecular formula is C16H25N5O3. The molecule has 0 aromatic carbocycles. The Morgan fingerprint density at radius 1 is 1.42 bits per heavy atom. The van der Waals surface area contributed by atoms with E-state index < -0.39 is 5.91 Å². The number of rotatable bonds is 6. The van der Waals surface area contributed by atoms with E-state index in [0.29, 0.717) is 13.1 Å². The van der Waals surface area contributed by atoms with Crippen molar-refractivity contribution in [2.45, 2.75) is 37.7 Å². The summed E-state index contributed by atoms with van der Waals surface area (Å²) in [6.07, 6.45) is 4.28. The number of aromatic nitrogens is 2. The summed E-state index contributed by atoms with van der Waals surface area (Å²) in [5.74, 6) is -0.252. The number of aromatic amines is 1. The number of piperidine rings is 1. The van der Waals surface area contributed by atoms with Gasteiger partial charge in [0.25, 0.3) is 5.91 Å². The molecule has 2 amide bonds. The number of nitrogens with one attached hydrogen (secondary N) is 2. The van der Waals surface area contributed by atoms with Gasteiger partial charge in [0.15, 0.2) is 0 Å². The third kappa shape index (κ3) is 4.33. The number of carbonyl (C=O) groups excluding carboxylic acids is 2. The fraction of sp³-hybridized carbons (Fsp3) is 0.688. The van der Waals surface area contributed by atoms with E-state index >= 15 is 0 Å². The van der Waals surface area contributed by atoms with Crippen LogP contribution in [-0.4, -0.2) is 65.8 Å². The normalized spacial score (nSPS) is 24.8. The molecule has 1 aromatic heterocycles. The van der Waals surface area contributed by atoms with Gasteiger partial charge in [0.05, 0.1) is 12.6 Å². The lowest BCUT2D eigenvalue weighted by molar-refractivity contribution is -0.123. The first-order chi connectivity index (χ1) is 11.6. The zero-order chi connectivity index (χ0) is 16.9. The molecule has 0 bridgehead atoms. The summed E-state index contributed by atoms with van der Waals surface area (Å²) < 4.78 is 5.51. The molecule has 3 rings (SSSR count). The van der Waals surface area contributed by atoms with Gasteiger partial charge < -0.3 is 15.8 Å². The van der Waals surface area contributed by atoms with Crippen molar-refractivity contribution >= 4 is 11.8 Å². The van der Waals surface area contributed by atoms with Crippen LogP contribution in [0.15, 0.2) is 6.07 Å². The first kappa shape index (κ1) is 16.9. The zero-order valence-corrected chi connectivity index (χ0v) is 13.8. The molecule has 2 aliphatic heterocycles. The minimum atomic E-state index is -0.529. The van der Waals surface area contributed by atoms with E-state index in [1.54, 1.807) is 6.07 Å². The van der Waals surface area contributed by atoms with E-state index in [1.807, 2.05) is 0 Å². The lowest BCUT2D eigenvalue weighted by Crippen LogP contribution is -2.43. The number of amides is 2. The Kier molecular flexibility index (Phi) is 5.47. The molecule has 0 aliphatic carbocycles. The third-order valence-electron chi connectivity index (χ3n) is 4.71. The minimum absolute atomic E-state index is 0.0357. The van der Waals surface area contributed by atoms with Crippen LogP contribution in [0.25, 0.3) is 0 Å². The molecular weight excluding hydrogens is 310 g/mol. The van der Waals surface area contributed by atoms with Gasteiger partial charge in [-0.25, -0.2) is 0 Å². The molecule has 1 aromatic rings. The molecule has 2 fully saturated rings. The molecule has 2 saturated heterocycles. The first-order valence-corrected chi connectivity index (χ1v) is 8.57. The van der Waals surface area contributed by atoms with Crippen molar-refractivity contribution in [3.8, 4) is 0 Å². The van der Waals surface area contributed by atoms with Crippen LogP contribution in [0, 0.1) is 0 Å². The molecule has 0 unspecified atom stereocenters. The summed E-state index contributed by atoms with van der Waals surface area (Å²) in [7, 11) is 0. The predicted octanol–water partition coefficient (Wildman–Crippen LogP) is -0.0168. The molecule has 132 valence electrons. The predicted molar refractivity (Wildman–Crippen MR) is 87.5 cm³/mol. The Morgan fingerprint density at radius 3 is 3.00 bits per heavy atom. The lowest BCUT2D eigenvalue weighted by atomic mass is 9.94. The smallest absolute Gasteiger partial charge is 0.269 e. The van der Waals surface area contributed by atoms with Gasteiger partial charge in [0.1, 0.15) is 5.69 Å². The van der Waals surface area contributed by atoms with Crippen molar-refractivity contribution in [1.29, 1.82) is 0 Å². The van der Waals surface area contributed by atoms with Crippen LogP contribution < -0.4 is 11.1 Å². The molecule has 0 radical (unpaired) electrons. The first-order valence-electron chi connectivity index (χ1n) is 8.57. The molecule has 8 nitrogen and oxygen atoms in total. The van der Waals surface area contributed by atoms with Crippen molar-refractivity contribution in [2.24, 2.45) is 5.73 Å². The number of H-pyrrole nitrogens is 1.